The fraction of sp³-hybridized carbons (Fsp3) is 0.0238. The van der Waals surface area contributed by atoms with Crippen molar-refractivity contribution in [1.82, 2.24) is 0 Å². The van der Waals surface area contributed by atoms with E-state index in [9.17, 15) is 0 Å². The number of benzene rings is 7. The molecule has 0 saturated heterocycles. The van der Waals surface area contributed by atoms with Gasteiger partial charge in [0.2, 0.25) is 0 Å². The van der Waals surface area contributed by atoms with Crippen LogP contribution in [0.3, 0.4) is 0 Å². The Kier molecular flexibility index (Phi) is 7.01. The summed E-state index contributed by atoms with van der Waals surface area (Å²) in [6, 6.07) is 52.1. The molecule has 0 fully saturated rings. The van der Waals surface area contributed by atoms with Gasteiger partial charge in [0.05, 0.1) is 6.54 Å². The van der Waals surface area contributed by atoms with Crippen LogP contribution in [0.5, 0.6) is 0 Å². The quantitative estimate of drug-likeness (QED) is 0.112. The van der Waals surface area contributed by atoms with E-state index in [0.29, 0.717) is 18.2 Å². The molecule has 0 spiro atoms. The van der Waals surface area contributed by atoms with Crippen LogP contribution >= 0.6 is 0 Å². The third kappa shape index (κ3) is 5.06. The number of aliphatic imine (C=N–C) groups is 3. The summed E-state index contributed by atoms with van der Waals surface area (Å²) in [6.45, 7) is 4.44. The van der Waals surface area contributed by atoms with Crippen molar-refractivity contribution in [2.45, 2.75) is 6.54 Å². The highest BCUT2D eigenvalue weighted by Gasteiger charge is 2.17. The van der Waals surface area contributed by atoms with Crippen molar-refractivity contribution < 1.29 is 4.42 Å². The van der Waals surface area contributed by atoms with Crippen molar-refractivity contribution in [3.63, 3.8) is 0 Å². The minimum atomic E-state index is 0.485. The summed E-state index contributed by atoms with van der Waals surface area (Å²) in [5, 5.41) is 6.72. The van der Waals surface area contributed by atoms with Crippen LogP contribution in [-0.2, 0) is 6.54 Å². The monoisotopic (exact) mass is 591 g/mol. The first kappa shape index (κ1) is 27.4. The number of rotatable bonds is 5. The molecule has 4 nitrogen and oxygen atoms in total. The standard InChI is InChI=1S/C42H29N3O/c1-43-42(36-17-10-18-39-40(36)37-26-31(22-24-38(37)46-39)29-13-6-3-7-14-29)45-41(44-27-28-11-4-2-5-12-28)33-21-23-35-32(25-33)20-19-30-15-8-9-16-34(30)35/h2-26H,1,27H2. The van der Waals surface area contributed by atoms with E-state index in [1.165, 1.54) is 16.2 Å². The third-order valence-corrected chi connectivity index (χ3v) is 8.46. The highest BCUT2D eigenvalue weighted by Crippen LogP contribution is 2.35. The molecular formula is C42H29N3O. The maximum absolute atomic E-state index is 6.31. The summed E-state index contributed by atoms with van der Waals surface area (Å²) >= 11 is 0. The zero-order valence-electron chi connectivity index (χ0n) is 25.1. The number of nitrogens with zero attached hydrogens (tertiary/aromatic N) is 3. The fourth-order valence-electron chi connectivity index (χ4n) is 6.20. The molecule has 0 radical (unpaired) electrons. The fourth-order valence-corrected chi connectivity index (χ4v) is 6.20. The largest absolute Gasteiger partial charge is 0.456 e. The maximum Gasteiger partial charge on any atom is 0.161 e. The van der Waals surface area contributed by atoms with E-state index < -0.39 is 0 Å². The average Bonchev–Trinajstić information content (AvgIpc) is 3.51. The van der Waals surface area contributed by atoms with Gasteiger partial charge in [-0.3, -0.25) is 4.99 Å². The first-order chi connectivity index (χ1) is 22.7. The predicted octanol–water partition coefficient (Wildman–Crippen LogP) is 10.7. The number of hydrogen-bond acceptors (Lipinski definition) is 2. The van der Waals surface area contributed by atoms with Crippen molar-refractivity contribution in [1.29, 1.82) is 0 Å². The van der Waals surface area contributed by atoms with Crippen molar-refractivity contribution in [3.05, 3.63) is 168 Å². The smallest absolute Gasteiger partial charge is 0.161 e. The molecule has 1 heterocycles. The molecule has 46 heavy (non-hydrogen) atoms. The van der Waals surface area contributed by atoms with Crippen LogP contribution in [0, 0.1) is 0 Å². The van der Waals surface area contributed by atoms with Gasteiger partial charge in [0.15, 0.2) is 11.7 Å². The lowest BCUT2D eigenvalue weighted by molar-refractivity contribution is 0.669. The Morgan fingerprint density at radius 3 is 2.15 bits per heavy atom. The number of hydrogen-bond donors (Lipinski definition) is 0. The second kappa shape index (κ2) is 11.8. The molecule has 0 N–H and O–H groups in total. The van der Waals surface area contributed by atoms with Crippen LogP contribution in [0.1, 0.15) is 16.7 Å². The summed E-state index contributed by atoms with van der Waals surface area (Å²) in [5.41, 5.74) is 6.70. The normalized spacial score (nSPS) is 12.3. The summed E-state index contributed by atoms with van der Waals surface area (Å²) in [5.74, 6) is 1.08. The van der Waals surface area contributed by atoms with Gasteiger partial charge in [-0.2, -0.15) is 0 Å². The molecular weight excluding hydrogens is 562 g/mol. The SMILES string of the molecule is C=NC(=NC(=NCc1ccccc1)c1ccc2c(ccc3ccccc32)c1)c1cccc2oc3ccc(-c4ccccc4)cc3c12. The molecule has 0 unspecified atom stereocenters. The Labute approximate surface area is 266 Å². The number of furan rings is 1. The van der Waals surface area contributed by atoms with Gasteiger partial charge in [-0.05, 0) is 69.2 Å². The molecule has 0 aliphatic rings. The van der Waals surface area contributed by atoms with Crippen LogP contribution in [0.25, 0.3) is 54.6 Å². The predicted molar refractivity (Wildman–Crippen MR) is 193 cm³/mol. The summed E-state index contributed by atoms with van der Waals surface area (Å²) in [4.78, 5) is 14.7. The van der Waals surface area contributed by atoms with E-state index in [-0.39, 0.29) is 0 Å². The van der Waals surface area contributed by atoms with E-state index >= 15 is 0 Å². The lowest BCUT2D eigenvalue weighted by Gasteiger charge is -2.09. The molecule has 218 valence electrons. The molecule has 1 aromatic heterocycles. The molecule has 0 amide bonds. The van der Waals surface area contributed by atoms with E-state index in [1.807, 2.05) is 48.5 Å². The zero-order valence-corrected chi connectivity index (χ0v) is 25.1. The summed E-state index contributed by atoms with van der Waals surface area (Å²) in [7, 11) is 0. The molecule has 0 atom stereocenters. The summed E-state index contributed by atoms with van der Waals surface area (Å²) < 4.78 is 6.31. The summed E-state index contributed by atoms with van der Waals surface area (Å²) in [6.07, 6.45) is 0. The van der Waals surface area contributed by atoms with Crippen molar-refractivity contribution in [2.75, 3.05) is 0 Å². The van der Waals surface area contributed by atoms with Crippen molar-refractivity contribution in [2.24, 2.45) is 15.0 Å². The third-order valence-electron chi connectivity index (χ3n) is 8.46. The Hall–Kier alpha value is -6.13. The van der Waals surface area contributed by atoms with Crippen molar-refractivity contribution in [3.8, 4) is 11.1 Å². The molecule has 4 heteroatoms. The Morgan fingerprint density at radius 2 is 1.30 bits per heavy atom. The molecule has 8 rings (SSSR count). The van der Waals surface area contributed by atoms with E-state index in [2.05, 4.69) is 115 Å². The number of amidine groups is 2. The van der Waals surface area contributed by atoms with Gasteiger partial charge >= 0.3 is 0 Å². The minimum Gasteiger partial charge on any atom is -0.456 e. The Bertz CT molecular complexity index is 2460. The second-order valence-electron chi connectivity index (χ2n) is 11.3. The molecule has 0 aliphatic carbocycles. The van der Waals surface area contributed by atoms with E-state index in [1.54, 1.807) is 0 Å². The lowest BCUT2D eigenvalue weighted by atomic mass is 9.99. The second-order valence-corrected chi connectivity index (χ2v) is 11.3. The van der Waals surface area contributed by atoms with Crippen LogP contribution in [0.2, 0.25) is 0 Å². The first-order valence-corrected chi connectivity index (χ1v) is 15.3. The Morgan fingerprint density at radius 1 is 0.543 bits per heavy atom. The van der Waals surface area contributed by atoms with Crippen LogP contribution in [-0.4, -0.2) is 18.4 Å². The maximum atomic E-state index is 6.31. The molecule has 0 saturated carbocycles. The minimum absolute atomic E-state index is 0.485. The van der Waals surface area contributed by atoms with Gasteiger partial charge in [0.1, 0.15) is 11.2 Å². The van der Waals surface area contributed by atoms with Crippen LogP contribution in [0.4, 0.5) is 0 Å². The molecule has 7 aromatic carbocycles. The first-order valence-electron chi connectivity index (χ1n) is 15.3. The van der Waals surface area contributed by atoms with Gasteiger partial charge < -0.3 is 4.42 Å². The highest BCUT2D eigenvalue weighted by molar-refractivity contribution is 6.22. The lowest BCUT2D eigenvalue weighted by Crippen LogP contribution is -2.06. The molecule has 8 aromatic rings. The van der Waals surface area contributed by atoms with Crippen LogP contribution < -0.4 is 0 Å². The van der Waals surface area contributed by atoms with Crippen LogP contribution in [0.15, 0.2) is 171 Å². The zero-order chi connectivity index (χ0) is 30.9. The average molecular weight is 592 g/mol. The van der Waals surface area contributed by atoms with Gasteiger partial charge in [-0.15, -0.1) is 0 Å². The van der Waals surface area contributed by atoms with E-state index in [4.69, 9.17) is 14.4 Å². The molecule has 0 bridgehead atoms. The number of fused-ring (bicyclic) bond motifs is 6. The van der Waals surface area contributed by atoms with Gasteiger partial charge in [0.25, 0.3) is 0 Å². The van der Waals surface area contributed by atoms with Gasteiger partial charge in [-0.1, -0.05) is 127 Å². The molecule has 0 aliphatic heterocycles. The highest BCUT2D eigenvalue weighted by atomic mass is 16.3. The Balaban J connectivity index is 1.30. The topological polar surface area (TPSA) is 50.2 Å². The van der Waals surface area contributed by atoms with E-state index in [0.717, 1.165) is 55.1 Å². The van der Waals surface area contributed by atoms with Gasteiger partial charge in [0, 0.05) is 21.9 Å². The van der Waals surface area contributed by atoms with Gasteiger partial charge in [-0.25, -0.2) is 9.98 Å². The van der Waals surface area contributed by atoms with Crippen molar-refractivity contribution >= 4 is 61.9 Å².